The second kappa shape index (κ2) is 284. The average molecular weight is 295 g/mol. The molecule has 0 amide bonds. The van der Waals surface area contributed by atoms with Crippen LogP contribution in [0.1, 0.15) is 0 Å². The molecule has 0 aromatic rings. The molecule has 94 valence electrons. The van der Waals surface area contributed by atoms with Gasteiger partial charge in [0, 0.05) is 16.5 Å². The summed E-state index contributed by atoms with van der Waals surface area (Å²) in [5, 5.41) is 0. The topological polar surface area (TPSA) is 264 Å². The van der Waals surface area contributed by atoms with Crippen molar-refractivity contribution in [2.24, 2.45) is 0 Å². The van der Waals surface area contributed by atoms with Gasteiger partial charge in [-0.25, -0.2) is 9.13 Å². The first kappa shape index (κ1) is 107. The molecule has 0 unspecified atom stereocenters. The Balaban J connectivity index is -0.00000000229. The zero-order valence-corrected chi connectivity index (χ0v) is 8.70. The Morgan fingerprint density at radius 1 is 0.615 bits per heavy atom. The monoisotopic (exact) mass is 294 g/mol. The van der Waals surface area contributed by atoms with Gasteiger partial charge in [0.05, 0.1) is 0 Å². The standard InChI is InChI=1S/Ni.2HO2P.6H2O/c;2*1-3-2;;;;;;/h;2*(H,1,2);6*1H2. The third kappa shape index (κ3) is 9540. The van der Waals surface area contributed by atoms with Gasteiger partial charge in [0.2, 0.25) is 0 Å². The molecule has 0 heterocycles. The van der Waals surface area contributed by atoms with Gasteiger partial charge in [-0.3, -0.25) is 0 Å². The molecule has 10 nitrogen and oxygen atoms in total. The van der Waals surface area contributed by atoms with Gasteiger partial charge in [-0.1, -0.05) is 0 Å². The summed E-state index contributed by atoms with van der Waals surface area (Å²) in [5.74, 6) is 0. The van der Waals surface area contributed by atoms with Crippen LogP contribution in [0.3, 0.4) is 0 Å². The second-order valence-corrected chi connectivity index (χ2v) is 0.490. The third-order valence-corrected chi connectivity index (χ3v) is 0. The Morgan fingerprint density at radius 2 is 0.615 bits per heavy atom. The van der Waals surface area contributed by atoms with E-state index in [9.17, 15) is 0 Å². The Kier molecular flexibility index (Phi) is 2340. The summed E-state index contributed by atoms with van der Waals surface area (Å²) in [4.78, 5) is 14.0. The summed E-state index contributed by atoms with van der Waals surface area (Å²) in [6.45, 7) is 0. The summed E-state index contributed by atoms with van der Waals surface area (Å²) in [5.41, 5.74) is 0. The minimum Gasteiger partial charge on any atom is -0.412 e. The molecule has 0 aromatic heterocycles. The molecule has 0 aliphatic rings. The predicted molar refractivity (Wildman–Crippen MR) is 41.3 cm³/mol. The van der Waals surface area contributed by atoms with E-state index < -0.39 is 17.4 Å². The fraction of sp³-hybridized carbons (Fsp3) is 0. The summed E-state index contributed by atoms with van der Waals surface area (Å²) in [6, 6.07) is 0. The largest absolute Gasteiger partial charge is 0.412 e. The molecule has 14 N–H and O–H groups in total. The smallest absolute Gasteiger partial charge is 0.324 e. The van der Waals surface area contributed by atoms with Crippen LogP contribution in [0.15, 0.2) is 0 Å². The molecular weight excluding hydrogens is 281 g/mol. The maximum absolute atomic E-state index is 8.46. The predicted octanol–water partition coefficient (Wildman–Crippen LogP) is -4.58. The molecule has 0 spiro atoms. The summed E-state index contributed by atoms with van der Waals surface area (Å²) < 4.78 is 16.9. The number of hydrogen-bond donors (Lipinski definition) is 2. The van der Waals surface area contributed by atoms with Crippen LogP contribution in [0.4, 0.5) is 0 Å². The van der Waals surface area contributed by atoms with Crippen molar-refractivity contribution >= 4 is 17.4 Å². The molecule has 13 heavy (non-hydrogen) atoms. The van der Waals surface area contributed by atoms with Crippen LogP contribution in [0.25, 0.3) is 0 Å². The van der Waals surface area contributed by atoms with Gasteiger partial charge in [-0.2, -0.15) is 0 Å². The molecule has 0 radical (unpaired) electrons. The summed E-state index contributed by atoms with van der Waals surface area (Å²) in [6.07, 6.45) is 0. The van der Waals surface area contributed by atoms with Crippen molar-refractivity contribution in [1.29, 1.82) is 0 Å². The first-order chi connectivity index (χ1) is 2.83. The van der Waals surface area contributed by atoms with E-state index in [1.807, 2.05) is 0 Å². The molecule has 0 saturated heterocycles. The third-order valence-electron chi connectivity index (χ3n) is 0. The molecule has 0 atom stereocenters. The SMILES string of the molecule is O.O.O.O.O.O.O=PO.O=PO.[Ni]. The summed E-state index contributed by atoms with van der Waals surface area (Å²) in [7, 11) is -1.67. The van der Waals surface area contributed by atoms with E-state index >= 15 is 0 Å². The van der Waals surface area contributed by atoms with Crippen molar-refractivity contribution in [3.8, 4) is 0 Å². The maximum atomic E-state index is 8.46. The Bertz CT molecular complexity index is 33.9. The van der Waals surface area contributed by atoms with E-state index in [-0.39, 0.29) is 49.3 Å². The van der Waals surface area contributed by atoms with E-state index in [4.69, 9.17) is 18.9 Å². The van der Waals surface area contributed by atoms with Crippen LogP contribution in [-0.4, -0.2) is 42.6 Å². The number of rotatable bonds is 0. The molecule has 0 saturated carbocycles. The van der Waals surface area contributed by atoms with E-state index in [1.165, 1.54) is 0 Å². The van der Waals surface area contributed by atoms with Crippen LogP contribution < -0.4 is 0 Å². The van der Waals surface area contributed by atoms with Crippen molar-refractivity contribution in [3.63, 3.8) is 0 Å². The zero-order valence-electron chi connectivity index (χ0n) is 5.92. The van der Waals surface area contributed by atoms with Gasteiger partial charge < -0.3 is 42.6 Å². The van der Waals surface area contributed by atoms with Crippen LogP contribution >= 0.6 is 17.4 Å². The normalized spacial score (nSPS) is 3.23. The molecule has 0 aliphatic heterocycles. The van der Waals surface area contributed by atoms with Crippen molar-refractivity contribution in [1.82, 2.24) is 0 Å². The average Bonchev–Trinajstić information content (AvgIpc) is 1.39. The van der Waals surface area contributed by atoms with E-state index in [1.54, 1.807) is 0 Å². The van der Waals surface area contributed by atoms with E-state index in [0.29, 0.717) is 0 Å². The van der Waals surface area contributed by atoms with Crippen molar-refractivity contribution in [2.75, 3.05) is 0 Å². The first-order valence-corrected chi connectivity index (χ1v) is 2.30. The Labute approximate surface area is 86.3 Å². The van der Waals surface area contributed by atoms with Crippen molar-refractivity contribution in [3.05, 3.63) is 0 Å². The van der Waals surface area contributed by atoms with Gasteiger partial charge in [-0.05, 0) is 0 Å². The van der Waals surface area contributed by atoms with E-state index in [2.05, 4.69) is 0 Å². The first-order valence-electron chi connectivity index (χ1n) is 0.765. The van der Waals surface area contributed by atoms with Gasteiger partial charge in [0.25, 0.3) is 0 Å². The fourth-order valence-corrected chi connectivity index (χ4v) is 0. The second-order valence-electron chi connectivity index (χ2n) is 0.163. The molecule has 0 aromatic carbocycles. The summed E-state index contributed by atoms with van der Waals surface area (Å²) >= 11 is 0. The van der Waals surface area contributed by atoms with Crippen molar-refractivity contribution < 1.29 is 68.3 Å². The minimum absolute atomic E-state index is 0. The Morgan fingerprint density at radius 3 is 0.615 bits per heavy atom. The maximum Gasteiger partial charge on any atom is 0.324 e. The molecule has 0 aliphatic carbocycles. The van der Waals surface area contributed by atoms with Gasteiger partial charge in [-0.15, -0.1) is 0 Å². The van der Waals surface area contributed by atoms with Gasteiger partial charge in [0.1, 0.15) is 0 Å². The quantitative estimate of drug-likeness (QED) is 0.329. The molecule has 0 fully saturated rings. The number of hydrogen-bond acceptors (Lipinski definition) is 2. The van der Waals surface area contributed by atoms with E-state index in [0.717, 1.165) is 0 Å². The fourth-order valence-electron chi connectivity index (χ4n) is 0. The molecule has 0 bridgehead atoms. The van der Waals surface area contributed by atoms with Crippen LogP contribution in [0.2, 0.25) is 0 Å². The van der Waals surface area contributed by atoms with Crippen LogP contribution in [-0.2, 0) is 25.6 Å². The van der Waals surface area contributed by atoms with Gasteiger partial charge in [0.15, 0.2) is 0 Å². The molecule has 0 rings (SSSR count). The van der Waals surface area contributed by atoms with Gasteiger partial charge >= 0.3 is 17.4 Å². The van der Waals surface area contributed by atoms with Crippen LogP contribution in [0, 0.1) is 0 Å². The minimum atomic E-state index is -0.833. The molecular formula is H14NiO10P2. The Hall–Kier alpha value is 0.374. The molecule has 13 heteroatoms. The zero-order chi connectivity index (χ0) is 5.41. The van der Waals surface area contributed by atoms with Crippen LogP contribution in [0.5, 0.6) is 0 Å². The van der Waals surface area contributed by atoms with Crippen molar-refractivity contribution in [2.45, 2.75) is 0 Å².